The van der Waals surface area contributed by atoms with Crippen molar-refractivity contribution < 1.29 is 17.9 Å². The number of nitrogens with one attached hydrogen (secondary N) is 1. The zero-order chi connectivity index (χ0) is 18.0. The SMILES string of the molecule is CCOc1cccnc1S(=O)(=O)NC(C)c1cc(Cl)cc2c1OCC2. The van der Waals surface area contributed by atoms with Crippen LogP contribution in [0.15, 0.2) is 35.5 Å². The maximum Gasteiger partial charge on any atom is 0.262 e. The minimum atomic E-state index is -3.88. The molecule has 0 fully saturated rings. The summed E-state index contributed by atoms with van der Waals surface area (Å²) in [5.74, 6) is 0.919. The van der Waals surface area contributed by atoms with E-state index in [2.05, 4.69) is 9.71 Å². The van der Waals surface area contributed by atoms with Crippen LogP contribution in [-0.4, -0.2) is 26.6 Å². The van der Waals surface area contributed by atoms with Gasteiger partial charge in [0.1, 0.15) is 5.75 Å². The van der Waals surface area contributed by atoms with Gasteiger partial charge in [-0.2, -0.15) is 0 Å². The minimum absolute atomic E-state index is 0.136. The number of fused-ring (bicyclic) bond motifs is 1. The van der Waals surface area contributed by atoms with Crippen LogP contribution in [0, 0.1) is 0 Å². The molecule has 0 saturated carbocycles. The highest BCUT2D eigenvalue weighted by molar-refractivity contribution is 7.89. The van der Waals surface area contributed by atoms with Crippen LogP contribution >= 0.6 is 11.6 Å². The average molecular weight is 383 g/mol. The van der Waals surface area contributed by atoms with Crippen LogP contribution in [-0.2, 0) is 16.4 Å². The van der Waals surface area contributed by atoms with E-state index in [9.17, 15) is 8.42 Å². The number of nitrogens with zero attached hydrogens (tertiary/aromatic N) is 1. The highest BCUT2D eigenvalue weighted by Crippen LogP contribution is 2.37. The maximum absolute atomic E-state index is 12.8. The molecule has 0 bridgehead atoms. The molecule has 6 nitrogen and oxygen atoms in total. The molecule has 1 atom stereocenters. The molecule has 0 amide bonds. The summed E-state index contributed by atoms with van der Waals surface area (Å²) in [4.78, 5) is 3.97. The van der Waals surface area contributed by atoms with Gasteiger partial charge in [-0.05, 0) is 43.7 Å². The van der Waals surface area contributed by atoms with E-state index < -0.39 is 16.1 Å². The number of benzene rings is 1. The Morgan fingerprint density at radius 1 is 1.44 bits per heavy atom. The summed E-state index contributed by atoms with van der Waals surface area (Å²) in [5, 5.41) is 0.418. The molecule has 3 rings (SSSR count). The first-order valence-corrected chi connectivity index (χ1v) is 9.83. The predicted octanol–water partition coefficient (Wildman–Crippen LogP) is 3.11. The van der Waals surface area contributed by atoms with Crippen LogP contribution in [0.3, 0.4) is 0 Å². The first kappa shape index (κ1) is 18.0. The molecule has 8 heteroatoms. The Hall–Kier alpha value is -1.83. The summed E-state index contributed by atoms with van der Waals surface area (Å²) >= 11 is 6.16. The van der Waals surface area contributed by atoms with Crippen molar-refractivity contribution in [2.45, 2.75) is 31.3 Å². The van der Waals surface area contributed by atoms with Crippen LogP contribution in [0.5, 0.6) is 11.5 Å². The molecular weight excluding hydrogens is 364 g/mol. The summed E-state index contributed by atoms with van der Waals surface area (Å²) in [6.45, 7) is 4.44. The molecule has 1 unspecified atom stereocenters. The number of aromatic nitrogens is 1. The monoisotopic (exact) mass is 382 g/mol. The molecule has 1 aliphatic rings. The van der Waals surface area contributed by atoms with Crippen molar-refractivity contribution in [2.24, 2.45) is 0 Å². The second kappa shape index (κ2) is 7.19. The molecule has 0 radical (unpaired) electrons. The Kier molecular flexibility index (Phi) is 5.17. The Morgan fingerprint density at radius 3 is 3.00 bits per heavy atom. The number of hydrogen-bond acceptors (Lipinski definition) is 5. The quantitative estimate of drug-likeness (QED) is 0.830. The van der Waals surface area contributed by atoms with Gasteiger partial charge < -0.3 is 9.47 Å². The largest absolute Gasteiger partial charge is 0.493 e. The van der Waals surface area contributed by atoms with Crippen molar-refractivity contribution in [3.8, 4) is 11.5 Å². The van der Waals surface area contributed by atoms with Gasteiger partial charge in [-0.3, -0.25) is 0 Å². The first-order chi connectivity index (χ1) is 11.9. The van der Waals surface area contributed by atoms with Gasteiger partial charge in [0.25, 0.3) is 10.0 Å². The van der Waals surface area contributed by atoms with Gasteiger partial charge in [-0.1, -0.05) is 11.6 Å². The summed E-state index contributed by atoms with van der Waals surface area (Å²) < 4.78 is 39.2. The Morgan fingerprint density at radius 2 is 2.24 bits per heavy atom. The molecule has 2 heterocycles. The molecule has 0 spiro atoms. The van der Waals surface area contributed by atoms with Gasteiger partial charge in [0.05, 0.1) is 13.2 Å². The standard InChI is InChI=1S/C17H19ClN2O4S/c1-3-23-15-5-4-7-19-17(15)25(21,22)20-11(2)14-10-13(18)9-12-6-8-24-16(12)14/h4-5,7,9-11,20H,3,6,8H2,1-2H3. The third kappa shape index (κ3) is 3.73. The van der Waals surface area contributed by atoms with Crippen LogP contribution in [0.25, 0.3) is 0 Å². The van der Waals surface area contributed by atoms with Crippen molar-refractivity contribution >= 4 is 21.6 Å². The zero-order valence-electron chi connectivity index (χ0n) is 14.0. The number of hydrogen-bond donors (Lipinski definition) is 1. The van der Waals surface area contributed by atoms with Crippen molar-refractivity contribution in [3.05, 3.63) is 46.6 Å². The van der Waals surface area contributed by atoms with E-state index in [1.807, 2.05) is 6.07 Å². The van der Waals surface area contributed by atoms with Crippen LogP contribution in [0.4, 0.5) is 0 Å². The fourth-order valence-electron chi connectivity index (χ4n) is 2.81. The Balaban J connectivity index is 1.92. The first-order valence-electron chi connectivity index (χ1n) is 7.97. The predicted molar refractivity (Wildman–Crippen MR) is 94.8 cm³/mol. The van der Waals surface area contributed by atoms with Crippen LogP contribution in [0.2, 0.25) is 5.02 Å². The van der Waals surface area contributed by atoms with E-state index in [4.69, 9.17) is 21.1 Å². The van der Waals surface area contributed by atoms with E-state index in [1.165, 1.54) is 6.20 Å². The van der Waals surface area contributed by atoms with E-state index in [0.717, 1.165) is 12.0 Å². The topological polar surface area (TPSA) is 77.5 Å². The van der Waals surface area contributed by atoms with Gasteiger partial charge in [-0.25, -0.2) is 18.1 Å². The van der Waals surface area contributed by atoms with E-state index >= 15 is 0 Å². The van der Waals surface area contributed by atoms with E-state index in [0.29, 0.717) is 29.5 Å². The average Bonchev–Trinajstić information content (AvgIpc) is 3.02. The van der Waals surface area contributed by atoms with Gasteiger partial charge >= 0.3 is 0 Å². The third-order valence-electron chi connectivity index (χ3n) is 3.87. The number of pyridine rings is 1. The number of rotatable bonds is 6. The maximum atomic E-state index is 12.8. The van der Waals surface area contributed by atoms with E-state index in [-0.39, 0.29) is 10.8 Å². The van der Waals surface area contributed by atoms with Crippen molar-refractivity contribution in [3.63, 3.8) is 0 Å². The second-order valence-corrected chi connectivity index (χ2v) is 7.73. The van der Waals surface area contributed by atoms with Crippen LogP contribution in [0.1, 0.15) is 31.0 Å². The fourth-order valence-corrected chi connectivity index (χ4v) is 4.36. The summed E-state index contributed by atoms with van der Waals surface area (Å²) in [7, 11) is -3.88. The Labute approximate surface area is 152 Å². The molecule has 1 aromatic heterocycles. The zero-order valence-corrected chi connectivity index (χ0v) is 15.5. The molecule has 25 heavy (non-hydrogen) atoms. The molecule has 1 aliphatic heterocycles. The smallest absolute Gasteiger partial charge is 0.262 e. The lowest BCUT2D eigenvalue weighted by atomic mass is 10.0. The lowest BCUT2D eigenvalue weighted by molar-refractivity contribution is 0.327. The van der Waals surface area contributed by atoms with Gasteiger partial charge in [0.15, 0.2) is 5.75 Å². The Bertz CT molecular complexity index is 886. The van der Waals surface area contributed by atoms with E-state index in [1.54, 1.807) is 32.0 Å². The molecule has 1 N–H and O–H groups in total. The van der Waals surface area contributed by atoms with Gasteiger partial charge in [0.2, 0.25) is 5.03 Å². The molecule has 0 aliphatic carbocycles. The van der Waals surface area contributed by atoms with Crippen molar-refractivity contribution in [1.82, 2.24) is 9.71 Å². The molecule has 2 aromatic rings. The highest BCUT2D eigenvalue weighted by Gasteiger charge is 2.27. The molecule has 134 valence electrons. The summed E-state index contributed by atoms with van der Waals surface area (Å²) in [6, 6.07) is 6.24. The van der Waals surface area contributed by atoms with Gasteiger partial charge in [0, 0.05) is 29.2 Å². The number of sulfonamides is 1. The normalized spacial score (nSPS) is 14.7. The molecule has 1 aromatic carbocycles. The molecule has 0 saturated heterocycles. The summed E-state index contributed by atoms with van der Waals surface area (Å²) in [5.41, 5.74) is 1.69. The van der Waals surface area contributed by atoms with Crippen molar-refractivity contribution in [2.75, 3.05) is 13.2 Å². The third-order valence-corrected chi connectivity index (χ3v) is 5.56. The fraction of sp³-hybridized carbons (Fsp3) is 0.353. The lowest BCUT2D eigenvalue weighted by Gasteiger charge is -2.18. The van der Waals surface area contributed by atoms with Crippen LogP contribution < -0.4 is 14.2 Å². The molecular formula is C17H19ClN2O4S. The second-order valence-electron chi connectivity index (χ2n) is 5.66. The van der Waals surface area contributed by atoms with Crippen molar-refractivity contribution in [1.29, 1.82) is 0 Å². The number of ether oxygens (including phenoxy) is 2. The van der Waals surface area contributed by atoms with Gasteiger partial charge in [-0.15, -0.1) is 0 Å². The summed E-state index contributed by atoms with van der Waals surface area (Å²) in [6.07, 6.45) is 2.18. The highest BCUT2D eigenvalue weighted by atomic mass is 35.5. The minimum Gasteiger partial charge on any atom is -0.493 e. The number of halogens is 1. The lowest BCUT2D eigenvalue weighted by Crippen LogP contribution is -2.28.